The topological polar surface area (TPSA) is 37.3 Å². The van der Waals surface area contributed by atoms with Crippen molar-refractivity contribution in [2.75, 3.05) is 0 Å². The first-order valence-electron chi connectivity index (χ1n) is 3.98. The number of allylic oxidation sites excluding steroid dienone is 2. The van der Waals surface area contributed by atoms with E-state index in [4.69, 9.17) is 5.11 Å². The van der Waals surface area contributed by atoms with Crippen LogP contribution in [0.4, 0.5) is 8.78 Å². The monoisotopic (exact) mass is 276 g/mol. The van der Waals surface area contributed by atoms with Crippen molar-refractivity contribution < 1.29 is 18.7 Å². The molecule has 1 rings (SSSR count). The molecule has 5 heteroatoms. The lowest BCUT2D eigenvalue weighted by molar-refractivity contribution is 0.103. The molecule has 0 aliphatic heterocycles. The molecule has 0 aromatic heterocycles. The molecule has 0 aliphatic carbocycles. The highest BCUT2D eigenvalue weighted by atomic mass is 79.9. The van der Waals surface area contributed by atoms with Crippen LogP contribution in [-0.2, 0) is 0 Å². The van der Waals surface area contributed by atoms with E-state index in [-0.39, 0.29) is 10.2 Å². The summed E-state index contributed by atoms with van der Waals surface area (Å²) in [5.74, 6) is -3.15. The van der Waals surface area contributed by atoms with Crippen LogP contribution in [0.5, 0.6) is 0 Å². The van der Waals surface area contributed by atoms with Crippen LogP contribution in [0.2, 0.25) is 0 Å². The van der Waals surface area contributed by atoms with Crippen molar-refractivity contribution >= 4 is 21.7 Å². The van der Waals surface area contributed by atoms with Gasteiger partial charge in [0.25, 0.3) is 0 Å². The molecule has 0 amide bonds. The molecule has 0 bridgehead atoms. The minimum absolute atomic E-state index is 0.207. The van der Waals surface area contributed by atoms with Crippen molar-refractivity contribution in [3.8, 4) is 0 Å². The van der Waals surface area contributed by atoms with Crippen LogP contribution in [0.1, 0.15) is 17.3 Å². The van der Waals surface area contributed by atoms with Crippen LogP contribution in [-0.4, -0.2) is 10.9 Å². The van der Waals surface area contributed by atoms with Crippen LogP contribution >= 0.6 is 15.9 Å². The molecule has 0 heterocycles. The summed E-state index contributed by atoms with van der Waals surface area (Å²) in [7, 11) is 0. The molecule has 0 spiro atoms. The molecule has 15 heavy (non-hydrogen) atoms. The Bertz CT molecular complexity index is 414. The third-order valence-electron chi connectivity index (χ3n) is 1.59. The summed E-state index contributed by atoms with van der Waals surface area (Å²) in [5, 5.41) is 8.81. The Balaban J connectivity index is 3.26. The normalized spacial score (nSPS) is 11.6. The van der Waals surface area contributed by atoms with Gasteiger partial charge in [-0.2, -0.15) is 0 Å². The van der Waals surface area contributed by atoms with Crippen LogP contribution in [0.3, 0.4) is 0 Å². The maximum atomic E-state index is 13.2. The second-order valence-electron chi connectivity index (χ2n) is 2.89. The summed E-state index contributed by atoms with van der Waals surface area (Å²) < 4.78 is 26.6. The van der Waals surface area contributed by atoms with E-state index >= 15 is 0 Å². The highest BCUT2D eigenvalue weighted by Crippen LogP contribution is 2.20. The number of aliphatic hydroxyl groups excluding tert-OH is 1. The van der Waals surface area contributed by atoms with Gasteiger partial charge in [0.15, 0.2) is 5.78 Å². The van der Waals surface area contributed by atoms with Gasteiger partial charge in [0, 0.05) is 10.5 Å². The molecule has 80 valence electrons. The molecule has 0 fully saturated rings. The number of aliphatic hydroxyl groups is 1. The van der Waals surface area contributed by atoms with E-state index in [1.807, 2.05) is 0 Å². The summed E-state index contributed by atoms with van der Waals surface area (Å²) in [6.07, 6.45) is 0.759. The summed E-state index contributed by atoms with van der Waals surface area (Å²) in [6.45, 7) is 1.24. The zero-order valence-corrected chi connectivity index (χ0v) is 9.31. The molecule has 0 radical (unpaired) electrons. The quantitative estimate of drug-likeness (QED) is 0.511. The van der Waals surface area contributed by atoms with Crippen molar-refractivity contribution in [3.05, 3.63) is 45.6 Å². The van der Waals surface area contributed by atoms with Crippen molar-refractivity contribution in [2.45, 2.75) is 6.92 Å². The minimum Gasteiger partial charge on any atom is -0.512 e. The average molecular weight is 277 g/mol. The summed E-state index contributed by atoms with van der Waals surface area (Å²) in [5.41, 5.74) is -0.674. The Kier molecular flexibility index (Phi) is 3.57. The van der Waals surface area contributed by atoms with Crippen LogP contribution < -0.4 is 0 Å². The molecular weight excluding hydrogens is 270 g/mol. The number of rotatable bonds is 2. The number of ketones is 1. The lowest BCUT2D eigenvalue weighted by Gasteiger charge is -2.01. The number of halogens is 3. The maximum absolute atomic E-state index is 13.2. The number of hydrogen-bond donors (Lipinski definition) is 1. The number of carbonyl (C=O) groups excluding carboxylic acids is 1. The second kappa shape index (κ2) is 4.53. The van der Waals surface area contributed by atoms with Crippen LogP contribution in [0.15, 0.2) is 28.4 Å². The lowest BCUT2D eigenvalue weighted by atomic mass is 10.1. The van der Waals surface area contributed by atoms with Gasteiger partial charge < -0.3 is 5.11 Å². The van der Waals surface area contributed by atoms with Gasteiger partial charge in [-0.15, -0.1) is 0 Å². The first kappa shape index (κ1) is 11.8. The van der Waals surface area contributed by atoms with E-state index in [1.165, 1.54) is 6.92 Å². The van der Waals surface area contributed by atoms with E-state index in [1.54, 1.807) is 0 Å². The molecule has 0 atom stereocenters. The lowest BCUT2D eigenvalue weighted by Crippen LogP contribution is -2.04. The molecule has 0 saturated heterocycles. The largest absolute Gasteiger partial charge is 0.512 e. The van der Waals surface area contributed by atoms with Gasteiger partial charge in [-0.05, 0) is 19.1 Å². The Morgan fingerprint density at radius 1 is 1.40 bits per heavy atom. The third kappa shape index (κ3) is 2.86. The summed E-state index contributed by atoms with van der Waals surface area (Å²) in [6, 6.07) is 1.97. The predicted molar refractivity (Wildman–Crippen MR) is 54.8 cm³/mol. The Labute approximate surface area is 93.4 Å². The first-order valence-corrected chi connectivity index (χ1v) is 4.77. The maximum Gasteiger partial charge on any atom is 0.195 e. The van der Waals surface area contributed by atoms with E-state index in [2.05, 4.69) is 15.9 Å². The van der Waals surface area contributed by atoms with Gasteiger partial charge in [0.05, 0.1) is 11.3 Å². The Morgan fingerprint density at radius 2 is 1.87 bits per heavy atom. The smallest absolute Gasteiger partial charge is 0.195 e. The predicted octanol–water partition coefficient (Wildman–Crippen LogP) is 3.37. The molecule has 1 aromatic carbocycles. The van der Waals surface area contributed by atoms with Gasteiger partial charge in [0.1, 0.15) is 11.6 Å². The molecule has 0 aliphatic rings. The van der Waals surface area contributed by atoms with Gasteiger partial charge in [-0.1, -0.05) is 15.9 Å². The molecule has 0 saturated carbocycles. The minimum atomic E-state index is -0.968. The van der Waals surface area contributed by atoms with E-state index in [9.17, 15) is 13.6 Å². The van der Waals surface area contributed by atoms with Crippen molar-refractivity contribution in [1.82, 2.24) is 0 Å². The number of carbonyl (C=O) groups is 1. The van der Waals surface area contributed by atoms with Crippen molar-refractivity contribution in [2.24, 2.45) is 0 Å². The van der Waals surface area contributed by atoms with Crippen molar-refractivity contribution in [1.29, 1.82) is 0 Å². The van der Waals surface area contributed by atoms with E-state index < -0.39 is 23.0 Å². The van der Waals surface area contributed by atoms with Gasteiger partial charge in [-0.25, -0.2) is 8.78 Å². The number of hydrogen-bond acceptors (Lipinski definition) is 2. The van der Waals surface area contributed by atoms with Crippen LogP contribution in [0, 0.1) is 11.6 Å². The molecule has 2 nitrogen and oxygen atoms in total. The zero-order valence-electron chi connectivity index (χ0n) is 7.72. The fraction of sp³-hybridized carbons (Fsp3) is 0.100. The fourth-order valence-corrected chi connectivity index (χ4v) is 1.44. The summed E-state index contributed by atoms with van der Waals surface area (Å²) >= 11 is 2.89. The average Bonchev–Trinajstić information content (AvgIpc) is 1.99. The standard InChI is InChI=1S/C10H7BrF2O2/c1-5(14)2-9(15)10-7(12)3-6(11)4-8(10)13/h2-4,14H,1H3. The van der Waals surface area contributed by atoms with E-state index in [0.29, 0.717) is 0 Å². The molecular formula is C10H7BrF2O2. The van der Waals surface area contributed by atoms with Gasteiger partial charge in [0.2, 0.25) is 0 Å². The van der Waals surface area contributed by atoms with Crippen molar-refractivity contribution in [3.63, 3.8) is 0 Å². The Hall–Kier alpha value is -1.23. The molecule has 0 unspecified atom stereocenters. The molecule has 1 N–H and O–H groups in total. The van der Waals surface area contributed by atoms with Gasteiger partial charge >= 0.3 is 0 Å². The molecule has 1 aromatic rings. The SMILES string of the molecule is CC(O)=CC(=O)c1c(F)cc(Br)cc1F. The Morgan fingerprint density at radius 3 is 2.27 bits per heavy atom. The van der Waals surface area contributed by atoms with Gasteiger partial charge in [-0.3, -0.25) is 4.79 Å². The van der Waals surface area contributed by atoms with Crippen LogP contribution in [0.25, 0.3) is 0 Å². The highest BCUT2D eigenvalue weighted by molar-refractivity contribution is 9.10. The zero-order chi connectivity index (χ0) is 11.6. The van der Waals surface area contributed by atoms with E-state index in [0.717, 1.165) is 18.2 Å². The number of benzene rings is 1. The first-order chi connectivity index (χ1) is 6.91. The second-order valence-corrected chi connectivity index (χ2v) is 3.81. The summed E-state index contributed by atoms with van der Waals surface area (Å²) in [4.78, 5) is 11.3. The fourth-order valence-electron chi connectivity index (χ4n) is 1.04. The highest BCUT2D eigenvalue weighted by Gasteiger charge is 2.16. The third-order valence-corrected chi connectivity index (χ3v) is 2.05.